The molecule has 1 aromatic rings. The smallest absolute Gasteiger partial charge is 0.0366 e. The molecular weight excluding hydrogens is 222 g/mol. The first kappa shape index (κ1) is 13.4. The second-order valence-corrected chi connectivity index (χ2v) is 5.03. The summed E-state index contributed by atoms with van der Waals surface area (Å²) in [6.07, 6.45) is 5.11. The maximum Gasteiger partial charge on any atom is 0.0366 e. The molecule has 3 heteroatoms. The van der Waals surface area contributed by atoms with E-state index in [2.05, 4.69) is 34.5 Å². The van der Waals surface area contributed by atoms with Gasteiger partial charge in [0.25, 0.3) is 0 Å². The summed E-state index contributed by atoms with van der Waals surface area (Å²) in [4.78, 5) is 2.50. The molecule has 2 rings (SSSR count). The maximum atomic E-state index is 5.46. The number of nitrogens with one attached hydrogen (secondary N) is 1. The molecule has 3 nitrogen and oxygen atoms in total. The summed E-state index contributed by atoms with van der Waals surface area (Å²) in [6, 6.07) is 8.98. The molecule has 0 aliphatic carbocycles. The molecule has 100 valence electrons. The summed E-state index contributed by atoms with van der Waals surface area (Å²) in [7, 11) is 0. The van der Waals surface area contributed by atoms with Crippen molar-refractivity contribution in [2.75, 3.05) is 31.1 Å². The Morgan fingerprint density at radius 2 is 1.78 bits per heavy atom. The second-order valence-electron chi connectivity index (χ2n) is 5.03. The Morgan fingerprint density at radius 1 is 1.06 bits per heavy atom. The van der Waals surface area contributed by atoms with Crippen LogP contribution in [0.2, 0.25) is 0 Å². The number of nitrogens with zero attached hydrogens (tertiary/aromatic N) is 1. The first-order valence-electron chi connectivity index (χ1n) is 7.15. The van der Waals surface area contributed by atoms with Crippen molar-refractivity contribution in [2.24, 2.45) is 5.73 Å². The molecule has 0 atom stereocenters. The molecule has 0 bridgehead atoms. The van der Waals surface area contributed by atoms with Crippen LogP contribution in [-0.2, 0) is 6.54 Å². The first-order chi connectivity index (χ1) is 8.90. The number of anilines is 1. The van der Waals surface area contributed by atoms with Crippen LogP contribution in [0.25, 0.3) is 0 Å². The van der Waals surface area contributed by atoms with E-state index in [1.54, 1.807) is 0 Å². The van der Waals surface area contributed by atoms with E-state index in [-0.39, 0.29) is 0 Å². The largest absolute Gasteiger partial charge is 0.372 e. The number of benzene rings is 1. The standard InChI is InChI=1S/C15H25N3/c16-9-4-10-17-13-14-5-7-15(8-6-14)18-11-2-1-3-12-18/h5-8,17H,1-4,9-13,16H2. The molecule has 0 aromatic heterocycles. The molecule has 3 N–H and O–H groups in total. The zero-order valence-corrected chi connectivity index (χ0v) is 11.2. The molecule has 0 unspecified atom stereocenters. The van der Waals surface area contributed by atoms with Crippen molar-refractivity contribution in [1.29, 1.82) is 0 Å². The minimum atomic E-state index is 0.765. The fourth-order valence-electron chi connectivity index (χ4n) is 2.44. The summed E-state index contributed by atoms with van der Waals surface area (Å²) < 4.78 is 0. The number of rotatable bonds is 6. The number of piperidine rings is 1. The Morgan fingerprint density at radius 3 is 2.44 bits per heavy atom. The van der Waals surface area contributed by atoms with Crippen molar-refractivity contribution in [3.63, 3.8) is 0 Å². The highest BCUT2D eigenvalue weighted by Gasteiger charge is 2.10. The highest BCUT2D eigenvalue weighted by Crippen LogP contribution is 2.20. The van der Waals surface area contributed by atoms with Gasteiger partial charge in [-0.1, -0.05) is 12.1 Å². The normalized spacial score (nSPS) is 15.9. The molecule has 1 aliphatic rings. The molecule has 18 heavy (non-hydrogen) atoms. The molecule has 1 aromatic carbocycles. The van der Waals surface area contributed by atoms with E-state index in [0.717, 1.165) is 26.1 Å². The van der Waals surface area contributed by atoms with Crippen LogP contribution >= 0.6 is 0 Å². The number of hydrogen-bond acceptors (Lipinski definition) is 3. The topological polar surface area (TPSA) is 41.3 Å². The van der Waals surface area contributed by atoms with Crippen LogP contribution in [0.15, 0.2) is 24.3 Å². The van der Waals surface area contributed by atoms with E-state index >= 15 is 0 Å². The molecule has 0 radical (unpaired) electrons. The van der Waals surface area contributed by atoms with Crippen molar-refractivity contribution < 1.29 is 0 Å². The summed E-state index contributed by atoms with van der Waals surface area (Å²) in [5.74, 6) is 0. The summed E-state index contributed by atoms with van der Waals surface area (Å²) in [6.45, 7) is 5.15. The van der Waals surface area contributed by atoms with Gasteiger partial charge in [-0.05, 0) is 56.5 Å². The lowest BCUT2D eigenvalue weighted by Crippen LogP contribution is -2.29. The van der Waals surface area contributed by atoms with E-state index in [1.807, 2.05) is 0 Å². The predicted octanol–water partition coefficient (Wildman–Crippen LogP) is 2.12. The minimum Gasteiger partial charge on any atom is -0.372 e. The lowest BCUT2D eigenvalue weighted by atomic mass is 10.1. The van der Waals surface area contributed by atoms with Gasteiger partial charge in [0.15, 0.2) is 0 Å². The third kappa shape index (κ3) is 4.00. The van der Waals surface area contributed by atoms with Gasteiger partial charge in [0.1, 0.15) is 0 Å². The van der Waals surface area contributed by atoms with Gasteiger partial charge in [0.2, 0.25) is 0 Å². The molecule has 1 fully saturated rings. The van der Waals surface area contributed by atoms with Crippen molar-refractivity contribution in [3.8, 4) is 0 Å². The van der Waals surface area contributed by atoms with Gasteiger partial charge >= 0.3 is 0 Å². The first-order valence-corrected chi connectivity index (χ1v) is 7.15. The van der Waals surface area contributed by atoms with Crippen molar-refractivity contribution in [1.82, 2.24) is 5.32 Å². The van der Waals surface area contributed by atoms with Crippen LogP contribution in [0.5, 0.6) is 0 Å². The number of hydrogen-bond donors (Lipinski definition) is 2. The Kier molecular flexibility index (Phi) is 5.49. The summed E-state index contributed by atoms with van der Waals surface area (Å²) in [5.41, 5.74) is 8.19. The minimum absolute atomic E-state index is 0.765. The van der Waals surface area contributed by atoms with Gasteiger partial charge in [-0.15, -0.1) is 0 Å². The lowest BCUT2D eigenvalue weighted by molar-refractivity contribution is 0.577. The molecule has 0 spiro atoms. The van der Waals surface area contributed by atoms with Gasteiger partial charge in [-0.3, -0.25) is 0 Å². The van der Waals surface area contributed by atoms with Crippen LogP contribution in [0, 0.1) is 0 Å². The highest BCUT2D eigenvalue weighted by atomic mass is 15.1. The van der Waals surface area contributed by atoms with E-state index in [0.29, 0.717) is 0 Å². The average molecular weight is 247 g/mol. The fourth-order valence-corrected chi connectivity index (χ4v) is 2.44. The Labute approximate surface area is 110 Å². The molecular formula is C15H25N3. The Hall–Kier alpha value is -1.06. The lowest BCUT2D eigenvalue weighted by Gasteiger charge is -2.28. The molecule has 0 saturated carbocycles. The van der Waals surface area contributed by atoms with Crippen molar-refractivity contribution in [2.45, 2.75) is 32.2 Å². The van der Waals surface area contributed by atoms with E-state index in [1.165, 1.54) is 43.6 Å². The average Bonchev–Trinajstić information content (AvgIpc) is 2.45. The quantitative estimate of drug-likeness (QED) is 0.757. The third-order valence-corrected chi connectivity index (χ3v) is 3.54. The van der Waals surface area contributed by atoms with Crippen LogP contribution in [-0.4, -0.2) is 26.2 Å². The van der Waals surface area contributed by atoms with Crippen LogP contribution in [0.1, 0.15) is 31.2 Å². The predicted molar refractivity (Wildman–Crippen MR) is 77.9 cm³/mol. The van der Waals surface area contributed by atoms with Gasteiger partial charge in [0, 0.05) is 25.3 Å². The SMILES string of the molecule is NCCCNCc1ccc(N2CCCCC2)cc1. The van der Waals surface area contributed by atoms with Crippen molar-refractivity contribution in [3.05, 3.63) is 29.8 Å². The summed E-state index contributed by atoms with van der Waals surface area (Å²) >= 11 is 0. The van der Waals surface area contributed by atoms with Crippen LogP contribution in [0.4, 0.5) is 5.69 Å². The van der Waals surface area contributed by atoms with Crippen LogP contribution < -0.4 is 16.0 Å². The van der Waals surface area contributed by atoms with Gasteiger partial charge in [-0.25, -0.2) is 0 Å². The molecule has 1 heterocycles. The molecule has 1 aliphatic heterocycles. The second kappa shape index (κ2) is 7.39. The van der Waals surface area contributed by atoms with E-state index in [9.17, 15) is 0 Å². The monoisotopic (exact) mass is 247 g/mol. The fraction of sp³-hybridized carbons (Fsp3) is 0.600. The van der Waals surface area contributed by atoms with Crippen molar-refractivity contribution >= 4 is 5.69 Å². The van der Waals surface area contributed by atoms with Crippen LogP contribution in [0.3, 0.4) is 0 Å². The Balaban J connectivity index is 1.81. The third-order valence-electron chi connectivity index (χ3n) is 3.54. The zero-order valence-electron chi connectivity index (χ0n) is 11.2. The van der Waals surface area contributed by atoms with Gasteiger partial charge in [-0.2, -0.15) is 0 Å². The number of nitrogens with two attached hydrogens (primary N) is 1. The Bertz CT molecular complexity index is 328. The van der Waals surface area contributed by atoms with E-state index in [4.69, 9.17) is 5.73 Å². The highest BCUT2D eigenvalue weighted by molar-refractivity contribution is 5.47. The molecule has 0 amide bonds. The molecule has 1 saturated heterocycles. The maximum absolute atomic E-state index is 5.46. The zero-order chi connectivity index (χ0) is 12.6. The van der Waals surface area contributed by atoms with E-state index < -0.39 is 0 Å². The van der Waals surface area contributed by atoms with Gasteiger partial charge in [0.05, 0.1) is 0 Å². The van der Waals surface area contributed by atoms with Gasteiger partial charge < -0.3 is 16.0 Å². The summed E-state index contributed by atoms with van der Waals surface area (Å²) in [5, 5.41) is 3.41.